The van der Waals surface area contributed by atoms with Crippen LogP contribution in [0.1, 0.15) is 36.1 Å². The number of hydrogen-bond acceptors (Lipinski definition) is 6. The molecular formula is C26H24N2O4S. The van der Waals surface area contributed by atoms with Crippen LogP contribution in [0.25, 0.3) is 6.08 Å². The molecule has 7 heteroatoms. The van der Waals surface area contributed by atoms with Gasteiger partial charge in [-0.25, -0.2) is 9.79 Å². The number of fused-ring (bicyclic) bond motifs is 1. The van der Waals surface area contributed by atoms with Crippen molar-refractivity contribution in [2.75, 3.05) is 7.11 Å². The van der Waals surface area contributed by atoms with Crippen LogP contribution in [0.15, 0.2) is 82.2 Å². The van der Waals surface area contributed by atoms with Gasteiger partial charge in [0.15, 0.2) is 4.80 Å². The molecule has 1 atom stereocenters. The fourth-order valence-electron chi connectivity index (χ4n) is 3.98. The Morgan fingerprint density at radius 1 is 1.27 bits per heavy atom. The number of methoxy groups -OCH3 is 1. The van der Waals surface area contributed by atoms with E-state index in [1.54, 1.807) is 28.9 Å². The summed E-state index contributed by atoms with van der Waals surface area (Å²) >= 11 is 1.28. The number of carbonyl (C=O) groups excluding carboxylic acids is 1. The predicted molar refractivity (Wildman–Crippen MR) is 129 cm³/mol. The third kappa shape index (κ3) is 4.19. The van der Waals surface area contributed by atoms with Gasteiger partial charge in [0.1, 0.15) is 5.75 Å². The van der Waals surface area contributed by atoms with Crippen molar-refractivity contribution in [3.05, 3.63) is 109 Å². The highest BCUT2D eigenvalue weighted by atomic mass is 32.1. The SMILES string of the molecule is C=CCc1cc(/C=c2\sc3n(c2=O)[C@H](c2ccccc2)C(C(=O)OC)=C(CC)N=3)ccc1O. The van der Waals surface area contributed by atoms with Crippen molar-refractivity contribution in [2.24, 2.45) is 4.99 Å². The van der Waals surface area contributed by atoms with E-state index in [0.717, 1.165) is 16.7 Å². The Hall–Kier alpha value is -3.71. The lowest BCUT2D eigenvalue weighted by Gasteiger charge is -2.25. The number of aromatic nitrogens is 1. The van der Waals surface area contributed by atoms with Crippen LogP contribution in [-0.4, -0.2) is 22.8 Å². The molecule has 0 unspecified atom stereocenters. The lowest BCUT2D eigenvalue weighted by Crippen LogP contribution is -2.40. The Bertz CT molecular complexity index is 1430. The van der Waals surface area contributed by atoms with E-state index >= 15 is 0 Å². The number of nitrogens with zero attached hydrogens (tertiary/aromatic N) is 2. The van der Waals surface area contributed by atoms with Gasteiger partial charge in [-0.3, -0.25) is 9.36 Å². The highest BCUT2D eigenvalue weighted by molar-refractivity contribution is 7.07. The first-order valence-electron chi connectivity index (χ1n) is 10.6. The number of carbonyl (C=O) groups is 1. The molecule has 0 saturated carbocycles. The first kappa shape index (κ1) is 22.5. The highest BCUT2D eigenvalue weighted by Gasteiger charge is 2.33. The van der Waals surface area contributed by atoms with Crippen LogP contribution in [0.4, 0.5) is 0 Å². The summed E-state index contributed by atoms with van der Waals surface area (Å²) in [6.07, 6.45) is 4.55. The lowest BCUT2D eigenvalue weighted by atomic mass is 9.95. The number of phenols is 1. The molecule has 2 aromatic carbocycles. The molecule has 0 fully saturated rings. The van der Waals surface area contributed by atoms with Crippen molar-refractivity contribution in [1.82, 2.24) is 4.57 Å². The maximum Gasteiger partial charge on any atom is 0.338 e. The number of hydrogen-bond donors (Lipinski definition) is 1. The number of rotatable bonds is 6. The molecule has 6 nitrogen and oxygen atoms in total. The van der Waals surface area contributed by atoms with Crippen molar-refractivity contribution in [3.63, 3.8) is 0 Å². The summed E-state index contributed by atoms with van der Waals surface area (Å²) in [7, 11) is 1.33. The van der Waals surface area contributed by atoms with Crippen molar-refractivity contribution < 1.29 is 14.6 Å². The van der Waals surface area contributed by atoms with Gasteiger partial charge in [-0.15, -0.1) is 6.58 Å². The molecule has 0 radical (unpaired) electrons. The van der Waals surface area contributed by atoms with Crippen LogP contribution in [-0.2, 0) is 16.0 Å². The second-order valence-corrected chi connectivity index (χ2v) is 8.59. The zero-order valence-corrected chi connectivity index (χ0v) is 19.3. The maximum atomic E-state index is 13.6. The van der Waals surface area contributed by atoms with Gasteiger partial charge in [-0.2, -0.15) is 0 Å². The van der Waals surface area contributed by atoms with E-state index in [-0.39, 0.29) is 11.3 Å². The minimum absolute atomic E-state index is 0.188. The van der Waals surface area contributed by atoms with Crippen LogP contribution in [0.2, 0.25) is 0 Å². The Morgan fingerprint density at radius 3 is 2.70 bits per heavy atom. The van der Waals surface area contributed by atoms with Crippen LogP contribution in [0, 0.1) is 0 Å². The molecule has 1 N–H and O–H groups in total. The Morgan fingerprint density at radius 2 is 2.03 bits per heavy atom. The number of benzene rings is 2. The fraction of sp³-hybridized carbons (Fsp3) is 0.192. The summed E-state index contributed by atoms with van der Waals surface area (Å²) in [5.74, 6) is -0.306. The van der Waals surface area contributed by atoms with Gasteiger partial charge in [-0.1, -0.05) is 60.7 Å². The number of allylic oxidation sites excluding steroid dienone is 2. The third-order valence-electron chi connectivity index (χ3n) is 5.53. The zero-order chi connectivity index (χ0) is 23.5. The average molecular weight is 461 g/mol. The maximum absolute atomic E-state index is 13.6. The number of thiazole rings is 1. The molecule has 4 rings (SSSR count). The summed E-state index contributed by atoms with van der Waals surface area (Å²) < 4.78 is 7.13. The largest absolute Gasteiger partial charge is 0.508 e. The van der Waals surface area contributed by atoms with Crippen LogP contribution in [0.5, 0.6) is 5.75 Å². The lowest BCUT2D eigenvalue weighted by molar-refractivity contribution is -0.136. The van der Waals surface area contributed by atoms with E-state index in [9.17, 15) is 14.7 Å². The monoisotopic (exact) mass is 460 g/mol. The third-order valence-corrected chi connectivity index (χ3v) is 6.51. The summed E-state index contributed by atoms with van der Waals surface area (Å²) in [6, 6.07) is 14.0. The van der Waals surface area contributed by atoms with Crippen molar-refractivity contribution in [2.45, 2.75) is 25.8 Å². The molecule has 168 valence electrons. The minimum atomic E-state index is -0.622. The normalized spacial score (nSPS) is 15.7. The predicted octanol–water partition coefficient (Wildman–Crippen LogP) is 3.23. The van der Waals surface area contributed by atoms with Gasteiger partial charge in [0, 0.05) is 0 Å². The highest BCUT2D eigenvalue weighted by Crippen LogP contribution is 2.31. The van der Waals surface area contributed by atoms with Gasteiger partial charge in [0.2, 0.25) is 0 Å². The van der Waals surface area contributed by atoms with Crippen LogP contribution >= 0.6 is 11.3 Å². The summed E-state index contributed by atoms with van der Waals surface area (Å²) in [6.45, 7) is 5.65. The molecule has 33 heavy (non-hydrogen) atoms. The molecule has 1 aliphatic rings. The minimum Gasteiger partial charge on any atom is -0.508 e. The number of aromatic hydroxyl groups is 1. The van der Waals surface area contributed by atoms with Crippen molar-refractivity contribution in [1.29, 1.82) is 0 Å². The molecule has 0 saturated heterocycles. The van der Waals surface area contributed by atoms with E-state index in [0.29, 0.717) is 33.4 Å². The summed E-state index contributed by atoms with van der Waals surface area (Å²) in [4.78, 5) is 31.5. The molecule has 0 aliphatic carbocycles. The second-order valence-electron chi connectivity index (χ2n) is 7.58. The van der Waals surface area contributed by atoms with Gasteiger partial charge >= 0.3 is 5.97 Å². The van der Waals surface area contributed by atoms with Gasteiger partial charge < -0.3 is 9.84 Å². The van der Waals surface area contributed by atoms with Crippen molar-refractivity contribution >= 4 is 23.4 Å². The van der Waals surface area contributed by atoms with E-state index < -0.39 is 12.0 Å². The Labute approximate surface area is 195 Å². The van der Waals surface area contributed by atoms with E-state index in [4.69, 9.17) is 4.74 Å². The molecule has 1 aromatic heterocycles. The van der Waals surface area contributed by atoms with Gasteiger partial charge in [0.05, 0.1) is 29.0 Å². The van der Waals surface area contributed by atoms with E-state index in [1.807, 2.05) is 43.3 Å². The Balaban J connectivity index is 1.96. The molecule has 1 aliphatic heterocycles. The fourth-order valence-corrected chi connectivity index (χ4v) is 5.00. The van der Waals surface area contributed by atoms with E-state index in [2.05, 4.69) is 11.6 Å². The number of esters is 1. The topological polar surface area (TPSA) is 80.9 Å². The molecule has 3 aromatic rings. The van der Waals surface area contributed by atoms with Crippen LogP contribution < -0.4 is 14.9 Å². The molecule has 0 spiro atoms. The molecule has 2 heterocycles. The quantitative estimate of drug-likeness (QED) is 0.452. The Kier molecular flexibility index (Phi) is 6.42. The van der Waals surface area contributed by atoms with Gasteiger partial charge in [0.25, 0.3) is 5.56 Å². The number of ether oxygens (including phenoxy) is 1. The summed E-state index contributed by atoms with van der Waals surface area (Å²) in [5.41, 5.74) is 3.08. The average Bonchev–Trinajstić information content (AvgIpc) is 3.14. The summed E-state index contributed by atoms with van der Waals surface area (Å²) in [5, 5.41) is 10.1. The molecule has 0 amide bonds. The molecular weight excluding hydrogens is 436 g/mol. The van der Waals surface area contributed by atoms with Gasteiger partial charge in [-0.05, 0) is 47.7 Å². The zero-order valence-electron chi connectivity index (χ0n) is 18.4. The van der Waals surface area contributed by atoms with Crippen molar-refractivity contribution in [3.8, 4) is 5.75 Å². The van der Waals surface area contributed by atoms with Crippen LogP contribution in [0.3, 0.4) is 0 Å². The number of phenolic OH excluding ortho intramolecular Hbond substituents is 1. The smallest absolute Gasteiger partial charge is 0.338 e. The second kappa shape index (κ2) is 9.42. The first-order chi connectivity index (χ1) is 16.0. The first-order valence-corrected chi connectivity index (χ1v) is 11.4. The molecule has 0 bridgehead atoms. The standard InChI is InChI=1S/C26H24N2O4S/c1-4-9-18-14-16(12-13-20(18)29)15-21-24(30)28-23(17-10-7-6-8-11-17)22(25(31)32-3)19(5-2)27-26(28)33-21/h4,6-8,10-15,23,29H,1,5,9H2,2-3H3/b21-15-/t23-/m1/s1. The van der Waals surface area contributed by atoms with E-state index in [1.165, 1.54) is 18.4 Å².